The molecule has 3 aromatic carbocycles. The first-order valence-electron chi connectivity index (χ1n) is 11.7. The number of nitrogens with zero attached hydrogens (tertiary/aromatic N) is 1. The minimum Gasteiger partial charge on any atom is -1.00 e. The Kier molecular flexibility index (Phi) is 9.30. The standard InChI is InChI=1S/C28H33FNO2.ClH/c29-26-14-10-23(11-15-26)20-30(18-6-1-2-7-19-30)21-27(31)22-32-28-16-12-25(13-17-28)24-8-4-3-5-9-24;/h3-5,8-17,27,31H,1-2,6-7,18-22H2;1H/q+1;/p-1. The maximum atomic E-state index is 13.4. The predicted octanol–water partition coefficient (Wildman–Crippen LogP) is 2.83. The summed E-state index contributed by atoms with van der Waals surface area (Å²) in [6.07, 6.45) is 4.25. The van der Waals surface area contributed by atoms with Gasteiger partial charge in [-0.05, 0) is 61.1 Å². The molecular formula is C28H33ClFNO2. The van der Waals surface area contributed by atoms with Crippen molar-refractivity contribution >= 4 is 0 Å². The van der Waals surface area contributed by atoms with Crippen molar-refractivity contribution in [3.63, 3.8) is 0 Å². The van der Waals surface area contributed by atoms with Gasteiger partial charge in [-0.3, -0.25) is 0 Å². The zero-order valence-electron chi connectivity index (χ0n) is 19.0. The van der Waals surface area contributed by atoms with Crippen molar-refractivity contribution in [2.45, 2.75) is 38.3 Å². The molecule has 0 amide bonds. The van der Waals surface area contributed by atoms with Crippen LogP contribution in [0, 0.1) is 5.82 Å². The minimum absolute atomic E-state index is 0. The zero-order valence-corrected chi connectivity index (χ0v) is 19.8. The van der Waals surface area contributed by atoms with Crippen LogP contribution in [0.1, 0.15) is 31.2 Å². The number of aliphatic hydroxyl groups excluding tert-OH is 1. The molecule has 1 heterocycles. The van der Waals surface area contributed by atoms with Gasteiger partial charge in [0.1, 0.15) is 37.4 Å². The van der Waals surface area contributed by atoms with Crippen molar-refractivity contribution < 1.29 is 31.1 Å². The van der Waals surface area contributed by atoms with E-state index in [1.165, 1.54) is 30.5 Å². The highest BCUT2D eigenvalue weighted by Crippen LogP contribution is 2.25. The molecule has 1 N–H and O–H groups in total. The molecule has 0 radical (unpaired) electrons. The molecule has 1 aliphatic rings. The van der Waals surface area contributed by atoms with Gasteiger partial charge in [-0.2, -0.15) is 0 Å². The molecule has 0 bridgehead atoms. The van der Waals surface area contributed by atoms with Gasteiger partial charge in [-0.25, -0.2) is 4.39 Å². The molecule has 3 nitrogen and oxygen atoms in total. The van der Waals surface area contributed by atoms with Gasteiger partial charge in [0.2, 0.25) is 0 Å². The summed E-state index contributed by atoms with van der Waals surface area (Å²) in [5.74, 6) is 0.563. The number of aliphatic hydroxyl groups is 1. The summed E-state index contributed by atoms with van der Waals surface area (Å²) in [7, 11) is 0. The topological polar surface area (TPSA) is 29.5 Å². The second-order valence-corrected chi connectivity index (χ2v) is 9.03. The molecule has 3 aromatic rings. The molecular weight excluding hydrogens is 437 g/mol. The van der Waals surface area contributed by atoms with E-state index in [0.29, 0.717) is 6.54 Å². The van der Waals surface area contributed by atoms with Crippen molar-refractivity contribution in [1.29, 1.82) is 0 Å². The highest BCUT2D eigenvalue weighted by atomic mass is 35.5. The predicted molar refractivity (Wildman–Crippen MR) is 127 cm³/mol. The molecule has 1 atom stereocenters. The first-order valence-corrected chi connectivity index (χ1v) is 11.7. The quantitative estimate of drug-likeness (QED) is 0.514. The van der Waals surface area contributed by atoms with Crippen molar-refractivity contribution in [3.8, 4) is 16.9 Å². The number of ether oxygens (including phenoxy) is 1. The van der Waals surface area contributed by atoms with Crippen LogP contribution in [0.3, 0.4) is 0 Å². The van der Waals surface area contributed by atoms with Gasteiger partial charge in [-0.1, -0.05) is 54.6 Å². The number of quaternary nitrogens is 1. The van der Waals surface area contributed by atoms with E-state index in [2.05, 4.69) is 24.3 Å². The molecule has 0 aromatic heterocycles. The molecule has 1 saturated heterocycles. The monoisotopic (exact) mass is 469 g/mol. The van der Waals surface area contributed by atoms with E-state index in [4.69, 9.17) is 4.74 Å². The van der Waals surface area contributed by atoms with Crippen molar-refractivity contribution in [2.24, 2.45) is 0 Å². The number of likely N-dealkylation sites (tertiary alicyclic amines) is 1. The summed E-state index contributed by atoms with van der Waals surface area (Å²) < 4.78 is 20.1. The number of halogens is 2. The van der Waals surface area contributed by atoms with Gasteiger partial charge in [0, 0.05) is 5.56 Å². The summed E-state index contributed by atoms with van der Waals surface area (Å²) >= 11 is 0. The lowest BCUT2D eigenvalue weighted by Gasteiger charge is -2.39. The maximum absolute atomic E-state index is 13.4. The lowest BCUT2D eigenvalue weighted by Crippen LogP contribution is -3.00. The van der Waals surface area contributed by atoms with Gasteiger partial charge in [0.15, 0.2) is 0 Å². The van der Waals surface area contributed by atoms with E-state index in [1.807, 2.05) is 42.5 Å². The van der Waals surface area contributed by atoms with Gasteiger partial charge >= 0.3 is 0 Å². The van der Waals surface area contributed by atoms with Crippen LogP contribution in [0.4, 0.5) is 4.39 Å². The van der Waals surface area contributed by atoms with Gasteiger partial charge in [-0.15, -0.1) is 0 Å². The van der Waals surface area contributed by atoms with Gasteiger partial charge in [0.25, 0.3) is 0 Å². The van der Waals surface area contributed by atoms with Crippen LogP contribution in [-0.2, 0) is 6.54 Å². The lowest BCUT2D eigenvalue weighted by atomic mass is 10.1. The smallest absolute Gasteiger partial charge is 0.137 e. The molecule has 1 fully saturated rings. The molecule has 1 aliphatic heterocycles. The second kappa shape index (κ2) is 12.2. The summed E-state index contributed by atoms with van der Waals surface area (Å²) in [5.41, 5.74) is 3.44. The molecule has 0 spiro atoms. The first kappa shape index (κ1) is 25.2. The Morgan fingerprint density at radius 3 is 2.03 bits per heavy atom. The third kappa shape index (κ3) is 7.29. The summed E-state index contributed by atoms with van der Waals surface area (Å²) in [6.45, 7) is 3.83. The minimum atomic E-state index is -0.553. The zero-order chi connectivity index (χ0) is 22.2. The van der Waals surface area contributed by atoms with E-state index in [0.717, 1.165) is 53.8 Å². The number of hydrogen-bond donors (Lipinski definition) is 1. The fourth-order valence-electron chi connectivity index (χ4n) is 4.81. The molecule has 1 unspecified atom stereocenters. The van der Waals surface area contributed by atoms with E-state index in [9.17, 15) is 9.50 Å². The van der Waals surface area contributed by atoms with Crippen LogP contribution in [-0.4, -0.2) is 41.9 Å². The molecule has 33 heavy (non-hydrogen) atoms. The van der Waals surface area contributed by atoms with Crippen LogP contribution in [0.25, 0.3) is 11.1 Å². The largest absolute Gasteiger partial charge is 1.00 e. The average Bonchev–Trinajstić information content (AvgIpc) is 3.05. The molecule has 176 valence electrons. The Hall–Kier alpha value is -2.40. The van der Waals surface area contributed by atoms with Gasteiger partial charge < -0.3 is 26.7 Å². The fourth-order valence-corrected chi connectivity index (χ4v) is 4.81. The second-order valence-electron chi connectivity index (χ2n) is 9.03. The van der Waals surface area contributed by atoms with Crippen LogP contribution in [0.15, 0.2) is 78.9 Å². The summed E-state index contributed by atoms with van der Waals surface area (Å²) in [5, 5.41) is 10.9. The van der Waals surface area contributed by atoms with Crippen LogP contribution in [0.2, 0.25) is 0 Å². The van der Waals surface area contributed by atoms with Crippen LogP contribution in [0.5, 0.6) is 5.75 Å². The highest BCUT2D eigenvalue weighted by Gasteiger charge is 2.32. The average molecular weight is 470 g/mol. The number of hydrogen-bond acceptors (Lipinski definition) is 2. The molecule has 0 aliphatic carbocycles. The van der Waals surface area contributed by atoms with E-state index >= 15 is 0 Å². The Morgan fingerprint density at radius 1 is 0.788 bits per heavy atom. The molecule has 4 rings (SSSR count). The van der Waals surface area contributed by atoms with Crippen LogP contribution < -0.4 is 17.1 Å². The lowest BCUT2D eigenvalue weighted by molar-refractivity contribution is -0.942. The van der Waals surface area contributed by atoms with E-state index < -0.39 is 6.10 Å². The van der Waals surface area contributed by atoms with Crippen molar-refractivity contribution in [1.82, 2.24) is 0 Å². The first-order chi connectivity index (χ1) is 15.6. The third-order valence-corrected chi connectivity index (χ3v) is 6.45. The van der Waals surface area contributed by atoms with Crippen molar-refractivity contribution in [2.75, 3.05) is 26.2 Å². The summed E-state index contributed by atoms with van der Waals surface area (Å²) in [6, 6.07) is 25.1. The van der Waals surface area contributed by atoms with Crippen LogP contribution >= 0.6 is 0 Å². The van der Waals surface area contributed by atoms with Crippen molar-refractivity contribution in [3.05, 3.63) is 90.2 Å². The maximum Gasteiger partial charge on any atom is 0.137 e. The third-order valence-electron chi connectivity index (χ3n) is 6.45. The van der Waals surface area contributed by atoms with E-state index in [-0.39, 0.29) is 24.8 Å². The SMILES string of the molecule is OC(COc1ccc(-c2ccccc2)cc1)C[N+]1(Cc2ccc(F)cc2)CCCCCC1.[Cl-]. The summed E-state index contributed by atoms with van der Waals surface area (Å²) in [4.78, 5) is 0. The fraction of sp³-hybridized carbons (Fsp3) is 0.357. The Morgan fingerprint density at radius 2 is 1.39 bits per heavy atom. The number of benzene rings is 3. The molecule has 0 saturated carbocycles. The van der Waals surface area contributed by atoms with Gasteiger partial charge in [0.05, 0.1) is 13.1 Å². The van der Waals surface area contributed by atoms with E-state index in [1.54, 1.807) is 0 Å². The Labute approximate surface area is 202 Å². The highest BCUT2D eigenvalue weighted by molar-refractivity contribution is 5.63. The Bertz CT molecular complexity index is 955. The molecule has 5 heteroatoms. The Balaban J connectivity index is 0.00000306. The number of rotatable bonds is 8. The normalized spacial score (nSPS) is 16.3.